The molecule has 0 heterocycles. The lowest BCUT2D eigenvalue weighted by Crippen LogP contribution is -2.47. The minimum Gasteiger partial charge on any atom is -0.475 e. The SMILES string of the molecule is CC(Oc1ccccc1)(Oc1ccc(Br)cc1Cl)C(=O)O.CNC. The molecule has 0 aliphatic heterocycles. The Morgan fingerprint density at radius 1 is 1.17 bits per heavy atom. The van der Waals surface area contributed by atoms with Gasteiger partial charge in [-0.2, -0.15) is 0 Å². The summed E-state index contributed by atoms with van der Waals surface area (Å²) < 4.78 is 11.7. The van der Waals surface area contributed by atoms with Crippen LogP contribution in [0.4, 0.5) is 0 Å². The second-order valence-corrected chi connectivity index (χ2v) is 6.17. The normalized spacial score (nSPS) is 12.4. The fourth-order valence-corrected chi connectivity index (χ4v) is 2.30. The van der Waals surface area contributed by atoms with Gasteiger partial charge in [-0.1, -0.05) is 45.7 Å². The van der Waals surface area contributed by atoms with Gasteiger partial charge >= 0.3 is 11.8 Å². The first-order valence-corrected chi connectivity index (χ1v) is 8.19. The van der Waals surface area contributed by atoms with Crippen LogP contribution in [0.3, 0.4) is 0 Å². The molecule has 0 spiro atoms. The van der Waals surface area contributed by atoms with Gasteiger partial charge in [0.15, 0.2) is 0 Å². The number of halogens is 2. The van der Waals surface area contributed by atoms with Gasteiger partial charge in [-0.15, -0.1) is 0 Å². The summed E-state index contributed by atoms with van der Waals surface area (Å²) in [5.41, 5.74) is 0. The molecule has 2 N–H and O–H groups in total. The summed E-state index contributed by atoms with van der Waals surface area (Å²) in [7, 11) is 3.75. The predicted molar refractivity (Wildman–Crippen MR) is 97.9 cm³/mol. The predicted octanol–water partition coefficient (Wildman–Crippen LogP) is 4.20. The Balaban J connectivity index is 0.000000891. The maximum atomic E-state index is 11.5. The molecular weight excluding hydrogens is 398 g/mol. The fourth-order valence-electron chi connectivity index (χ4n) is 1.59. The second-order valence-electron chi connectivity index (χ2n) is 4.84. The van der Waals surface area contributed by atoms with Crippen molar-refractivity contribution in [3.8, 4) is 11.5 Å². The quantitative estimate of drug-likeness (QED) is 0.715. The highest BCUT2D eigenvalue weighted by Gasteiger charge is 2.39. The zero-order valence-corrected chi connectivity index (χ0v) is 15.9. The van der Waals surface area contributed by atoms with Crippen LogP contribution in [0.5, 0.6) is 11.5 Å². The van der Waals surface area contributed by atoms with Gasteiger partial charge in [0.25, 0.3) is 0 Å². The molecule has 2 aromatic carbocycles. The van der Waals surface area contributed by atoms with Crippen molar-refractivity contribution in [1.29, 1.82) is 0 Å². The summed E-state index contributed by atoms with van der Waals surface area (Å²) in [6.45, 7) is 1.32. The van der Waals surface area contributed by atoms with Crippen molar-refractivity contribution in [2.24, 2.45) is 0 Å². The first kappa shape index (κ1) is 20.3. The van der Waals surface area contributed by atoms with Crippen molar-refractivity contribution in [2.45, 2.75) is 12.7 Å². The molecule has 0 aromatic heterocycles. The van der Waals surface area contributed by atoms with Crippen LogP contribution in [0.15, 0.2) is 53.0 Å². The van der Waals surface area contributed by atoms with E-state index < -0.39 is 11.8 Å². The van der Waals surface area contributed by atoms with E-state index >= 15 is 0 Å². The molecule has 2 rings (SSSR count). The number of benzene rings is 2. The number of carbonyl (C=O) groups is 1. The van der Waals surface area contributed by atoms with E-state index in [-0.39, 0.29) is 10.8 Å². The van der Waals surface area contributed by atoms with Crippen molar-refractivity contribution < 1.29 is 19.4 Å². The Labute approximate surface area is 154 Å². The molecule has 130 valence electrons. The summed E-state index contributed by atoms with van der Waals surface area (Å²) in [5, 5.41) is 12.4. The number of aliphatic carboxylic acids is 1. The van der Waals surface area contributed by atoms with Gasteiger partial charge < -0.3 is 19.9 Å². The van der Waals surface area contributed by atoms with E-state index in [2.05, 4.69) is 21.2 Å². The van der Waals surface area contributed by atoms with Crippen LogP contribution < -0.4 is 14.8 Å². The second kappa shape index (κ2) is 9.52. The molecular formula is C17H19BrClNO4. The first-order valence-electron chi connectivity index (χ1n) is 7.02. The highest BCUT2D eigenvalue weighted by molar-refractivity contribution is 9.10. The smallest absolute Gasteiger partial charge is 0.390 e. The maximum Gasteiger partial charge on any atom is 0.390 e. The largest absolute Gasteiger partial charge is 0.475 e. The lowest BCUT2D eigenvalue weighted by Gasteiger charge is -2.27. The molecule has 5 nitrogen and oxygen atoms in total. The van der Waals surface area contributed by atoms with E-state index in [1.807, 2.05) is 14.1 Å². The Hall–Kier alpha value is -1.76. The minimum atomic E-state index is -1.89. The minimum absolute atomic E-state index is 0.223. The number of rotatable bonds is 5. The molecule has 1 unspecified atom stereocenters. The molecule has 0 saturated carbocycles. The Morgan fingerprint density at radius 2 is 1.75 bits per heavy atom. The van der Waals surface area contributed by atoms with Crippen molar-refractivity contribution in [1.82, 2.24) is 5.32 Å². The van der Waals surface area contributed by atoms with Crippen molar-refractivity contribution in [3.63, 3.8) is 0 Å². The van der Waals surface area contributed by atoms with Gasteiger partial charge in [-0.05, 0) is 44.4 Å². The monoisotopic (exact) mass is 415 g/mol. The number of para-hydroxylation sites is 1. The number of hydrogen-bond acceptors (Lipinski definition) is 4. The van der Waals surface area contributed by atoms with E-state index in [1.54, 1.807) is 48.5 Å². The fraction of sp³-hybridized carbons (Fsp3) is 0.235. The third-order valence-corrected chi connectivity index (χ3v) is 3.43. The third-order valence-electron chi connectivity index (χ3n) is 2.64. The number of hydrogen-bond donors (Lipinski definition) is 2. The molecule has 0 radical (unpaired) electrons. The van der Waals surface area contributed by atoms with Gasteiger partial charge in [-0.3, -0.25) is 0 Å². The van der Waals surface area contributed by atoms with Crippen LogP contribution in [0.2, 0.25) is 5.02 Å². The third kappa shape index (κ3) is 6.03. The van der Waals surface area contributed by atoms with Gasteiger partial charge in [0.2, 0.25) is 0 Å². The van der Waals surface area contributed by atoms with Crippen molar-refractivity contribution in [2.75, 3.05) is 14.1 Å². The standard InChI is InChI=1S/C15H12BrClO4.C2H7N/c1-15(14(18)19,20-11-5-3-2-4-6-11)21-13-8-7-10(16)9-12(13)17;1-3-2/h2-9H,1H3,(H,18,19);3H,1-2H3. The summed E-state index contributed by atoms with van der Waals surface area (Å²) in [6, 6.07) is 13.5. The van der Waals surface area contributed by atoms with Gasteiger partial charge in [0, 0.05) is 11.4 Å². The van der Waals surface area contributed by atoms with Gasteiger partial charge in [0.1, 0.15) is 11.5 Å². The van der Waals surface area contributed by atoms with Gasteiger partial charge in [0.05, 0.1) is 5.02 Å². The highest BCUT2D eigenvalue weighted by atomic mass is 79.9. The zero-order valence-electron chi connectivity index (χ0n) is 13.5. The molecule has 0 aliphatic rings. The van der Waals surface area contributed by atoms with Crippen LogP contribution in [0.1, 0.15) is 6.92 Å². The number of ether oxygens (including phenoxy) is 2. The molecule has 1 atom stereocenters. The van der Waals surface area contributed by atoms with Crippen LogP contribution in [0, 0.1) is 0 Å². The Morgan fingerprint density at radius 3 is 2.25 bits per heavy atom. The van der Waals surface area contributed by atoms with E-state index in [4.69, 9.17) is 21.1 Å². The van der Waals surface area contributed by atoms with Crippen molar-refractivity contribution >= 4 is 33.5 Å². The maximum absolute atomic E-state index is 11.5. The molecule has 0 bridgehead atoms. The molecule has 2 aromatic rings. The van der Waals surface area contributed by atoms with Crippen LogP contribution >= 0.6 is 27.5 Å². The van der Waals surface area contributed by atoms with Gasteiger partial charge in [-0.25, -0.2) is 4.79 Å². The summed E-state index contributed by atoms with van der Waals surface area (Å²) in [4.78, 5) is 11.5. The number of nitrogens with one attached hydrogen (secondary N) is 1. The van der Waals surface area contributed by atoms with E-state index in [9.17, 15) is 9.90 Å². The molecule has 7 heteroatoms. The summed E-state index contributed by atoms with van der Waals surface area (Å²) in [5.74, 6) is -2.54. The Kier molecular flexibility index (Phi) is 8.04. The summed E-state index contributed by atoms with van der Waals surface area (Å²) in [6.07, 6.45) is 0. The molecule has 24 heavy (non-hydrogen) atoms. The molecule has 0 aliphatic carbocycles. The highest BCUT2D eigenvalue weighted by Crippen LogP contribution is 2.31. The number of carboxylic acids is 1. The lowest BCUT2D eigenvalue weighted by molar-refractivity contribution is -0.181. The van der Waals surface area contributed by atoms with E-state index in [1.165, 1.54) is 6.92 Å². The van der Waals surface area contributed by atoms with Crippen LogP contribution in [0.25, 0.3) is 0 Å². The molecule has 0 saturated heterocycles. The van der Waals surface area contributed by atoms with E-state index in [0.717, 1.165) is 4.47 Å². The van der Waals surface area contributed by atoms with Crippen LogP contribution in [-0.4, -0.2) is 31.0 Å². The lowest BCUT2D eigenvalue weighted by atomic mass is 10.3. The van der Waals surface area contributed by atoms with Crippen molar-refractivity contribution in [3.05, 3.63) is 58.0 Å². The summed E-state index contributed by atoms with van der Waals surface area (Å²) >= 11 is 9.31. The first-order chi connectivity index (χ1) is 11.3. The van der Waals surface area contributed by atoms with E-state index in [0.29, 0.717) is 5.75 Å². The zero-order chi connectivity index (χ0) is 18.2. The average Bonchev–Trinajstić information content (AvgIpc) is 2.52. The number of carboxylic acid groups (broad SMARTS) is 1. The molecule has 0 fully saturated rings. The average molecular weight is 417 g/mol. The molecule has 0 amide bonds. The topological polar surface area (TPSA) is 67.8 Å². The Bertz CT molecular complexity index is 669. The van der Waals surface area contributed by atoms with Crippen LogP contribution in [-0.2, 0) is 4.79 Å².